The zero-order valence-corrected chi connectivity index (χ0v) is 13.5. The number of benzene rings is 2. The van der Waals surface area contributed by atoms with E-state index in [0.29, 0.717) is 11.4 Å². The maximum absolute atomic E-state index is 10.6. The number of pyridine rings is 1. The van der Waals surface area contributed by atoms with Gasteiger partial charge in [-0.1, -0.05) is 51.8 Å². The largest absolute Gasteiger partial charge is 0.388 e. The molecule has 3 aromatic rings. The highest BCUT2D eigenvalue weighted by atomic mass is 79.9. The Kier molecular flexibility index (Phi) is 4.24. The first kappa shape index (κ1) is 14.5. The van der Waals surface area contributed by atoms with Gasteiger partial charge in [-0.05, 0) is 29.8 Å². The van der Waals surface area contributed by atoms with Crippen molar-refractivity contribution >= 4 is 38.4 Å². The van der Waals surface area contributed by atoms with Crippen LogP contribution in [0.25, 0.3) is 10.9 Å². The highest BCUT2D eigenvalue weighted by molar-refractivity contribution is 9.10. The van der Waals surface area contributed by atoms with Crippen LogP contribution in [-0.2, 0) is 6.42 Å². The number of aromatic nitrogens is 1. The minimum atomic E-state index is -0.617. The molecule has 4 heteroatoms. The van der Waals surface area contributed by atoms with Gasteiger partial charge in [0, 0.05) is 33.1 Å². The van der Waals surface area contributed by atoms with E-state index in [0.717, 1.165) is 26.5 Å². The topological polar surface area (TPSA) is 33.1 Å². The Morgan fingerprint density at radius 1 is 1.14 bits per heavy atom. The van der Waals surface area contributed by atoms with Crippen molar-refractivity contribution in [1.82, 2.24) is 4.98 Å². The lowest BCUT2D eigenvalue weighted by Gasteiger charge is -2.14. The van der Waals surface area contributed by atoms with Crippen LogP contribution in [0.5, 0.6) is 0 Å². The van der Waals surface area contributed by atoms with Crippen molar-refractivity contribution in [3.8, 4) is 0 Å². The molecule has 0 spiro atoms. The van der Waals surface area contributed by atoms with Gasteiger partial charge in [0.05, 0.1) is 11.6 Å². The number of hydrogen-bond donors (Lipinski definition) is 1. The van der Waals surface area contributed by atoms with Gasteiger partial charge in [-0.3, -0.25) is 4.98 Å². The molecule has 2 nitrogen and oxygen atoms in total. The Balaban J connectivity index is 1.98. The summed E-state index contributed by atoms with van der Waals surface area (Å²) in [5.41, 5.74) is 2.65. The lowest BCUT2D eigenvalue weighted by atomic mass is 9.99. The minimum Gasteiger partial charge on any atom is -0.388 e. The Labute approximate surface area is 136 Å². The molecule has 0 saturated heterocycles. The van der Waals surface area contributed by atoms with Crippen molar-refractivity contribution in [2.45, 2.75) is 12.5 Å². The van der Waals surface area contributed by atoms with Gasteiger partial charge in [-0.2, -0.15) is 0 Å². The maximum atomic E-state index is 10.6. The molecular weight excluding hydrogens is 350 g/mol. The third kappa shape index (κ3) is 3.10. The van der Waals surface area contributed by atoms with E-state index in [1.54, 1.807) is 6.20 Å². The van der Waals surface area contributed by atoms with Gasteiger partial charge >= 0.3 is 0 Å². The Morgan fingerprint density at radius 2 is 2.00 bits per heavy atom. The van der Waals surface area contributed by atoms with Crippen LogP contribution < -0.4 is 0 Å². The van der Waals surface area contributed by atoms with Crippen molar-refractivity contribution in [2.24, 2.45) is 0 Å². The first-order chi connectivity index (χ1) is 10.1. The Hall–Kier alpha value is -1.42. The summed E-state index contributed by atoms with van der Waals surface area (Å²) in [5.74, 6) is 0. The average molecular weight is 363 g/mol. The van der Waals surface area contributed by atoms with Gasteiger partial charge in [-0.25, -0.2) is 0 Å². The van der Waals surface area contributed by atoms with E-state index in [1.165, 1.54) is 0 Å². The van der Waals surface area contributed by atoms with Gasteiger partial charge in [-0.15, -0.1) is 0 Å². The van der Waals surface area contributed by atoms with Gasteiger partial charge in [0.2, 0.25) is 0 Å². The monoisotopic (exact) mass is 361 g/mol. The zero-order valence-electron chi connectivity index (χ0n) is 11.1. The van der Waals surface area contributed by atoms with Crippen molar-refractivity contribution in [2.75, 3.05) is 0 Å². The van der Waals surface area contributed by atoms with Gasteiger partial charge in [0.1, 0.15) is 0 Å². The molecule has 0 aliphatic carbocycles. The molecule has 1 heterocycles. The number of nitrogens with zero attached hydrogens (tertiary/aromatic N) is 1. The first-order valence-corrected chi connectivity index (χ1v) is 7.78. The van der Waals surface area contributed by atoms with Gasteiger partial charge in [0.25, 0.3) is 0 Å². The fraction of sp³-hybridized carbons (Fsp3) is 0.118. The molecule has 1 aromatic heterocycles. The van der Waals surface area contributed by atoms with E-state index in [1.807, 2.05) is 48.5 Å². The number of aliphatic hydroxyl groups excluding tert-OH is 1. The highest BCUT2D eigenvalue weighted by Gasteiger charge is 2.14. The molecule has 0 radical (unpaired) electrons. The van der Waals surface area contributed by atoms with Crippen LogP contribution in [0, 0.1) is 0 Å². The van der Waals surface area contributed by atoms with E-state index < -0.39 is 6.10 Å². The molecule has 3 rings (SSSR count). The van der Waals surface area contributed by atoms with E-state index in [2.05, 4.69) is 20.9 Å². The summed E-state index contributed by atoms with van der Waals surface area (Å²) in [4.78, 5) is 4.41. The van der Waals surface area contributed by atoms with Crippen LogP contribution in [0.15, 0.2) is 59.2 Å². The third-order valence-corrected chi connectivity index (χ3v) is 4.35. The molecule has 106 valence electrons. The Bertz CT molecular complexity index is 791. The van der Waals surface area contributed by atoms with Gasteiger partial charge < -0.3 is 5.11 Å². The normalized spacial score (nSPS) is 12.5. The second-order valence-corrected chi connectivity index (χ2v) is 6.18. The molecule has 21 heavy (non-hydrogen) atoms. The number of halogens is 2. The van der Waals surface area contributed by atoms with Crippen LogP contribution in [0.4, 0.5) is 0 Å². The molecule has 0 fully saturated rings. The smallest absolute Gasteiger partial charge is 0.0851 e. The fourth-order valence-corrected chi connectivity index (χ4v) is 3.09. The summed E-state index contributed by atoms with van der Waals surface area (Å²) in [6.45, 7) is 0. The van der Waals surface area contributed by atoms with Crippen LogP contribution in [-0.4, -0.2) is 10.1 Å². The maximum Gasteiger partial charge on any atom is 0.0851 e. The SMILES string of the molecule is OC(Cc1cccc(Cl)c1)c1ccc(Br)c2cccnc12. The van der Waals surface area contributed by atoms with E-state index in [4.69, 9.17) is 11.6 Å². The molecule has 1 N–H and O–H groups in total. The fourth-order valence-electron chi connectivity index (χ4n) is 2.43. The summed E-state index contributed by atoms with van der Waals surface area (Å²) in [5, 5.41) is 12.2. The molecule has 1 unspecified atom stereocenters. The minimum absolute atomic E-state index is 0.508. The summed E-state index contributed by atoms with van der Waals surface area (Å²) >= 11 is 9.51. The molecule has 0 aliphatic rings. The van der Waals surface area contributed by atoms with Gasteiger partial charge in [0.15, 0.2) is 0 Å². The van der Waals surface area contributed by atoms with Crippen LogP contribution in [0.3, 0.4) is 0 Å². The summed E-state index contributed by atoms with van der Waals surface area (Å²) in [6.07, 6.45) is 1.63. The molecular formula is C17H13BrClNO. The van der Waals surface area contributed by atoms with Crippen LogP contribution in [0.2, 0.25) is 5.02 Å². The summed E-state index contributed by atoms with van der Waals surface area (Å²) in [7, 11) is 0. The first-order valence-electron chi connectivity index (χ1n) is 6.61. The van der Waals surface area contributed by atoms with E-state index in [-0.39, 0.29) is 0 Å². The van der Waals surface area contributed by atoms with Crippen molar-refractivity contribution in [3.05, 3.63) is 75.4 Å². The molecule has 0 saturated carbocycles. The number of hydrogen-bond acceptors (Lipinski definition) is 2. The number of fused-ring (bicyclic) bond motifs is 1. The van der Waals surface area contributed by atoms with Crippen LogP contribution >= 0.6 is 27.5 Å². The summed E-state index contributed by atoms with van der Waals surface area (Å²) < 4.78 is 0.976. The third-order valence-electron chi connectivity index (χ3n) is 3.42. The van der Waals surface area contributed by atoms with Crippen molar-refractivity contribution in [3.63, 3.8) is 0 Å². The highest BCUT2D eigenvalue weighted by Crippen LogP contribution is 2.30. The number of aliphatic hydroxyl groups is 1. The molecule has 1 atom stereocenters. The average Bonchev–Trinajstić information content (AvgIpc) is 2.48. The lowest BCUT2D eigenvalue weighted by Crippen LogP contribution is -2.03. The predicted molar refractivity (Wildman–Crippen MR) is 89.6 cm³/mol. The molecule has 0 bridgehead atoms. The second-order valence-electron chi connectivity index (χ2n) is 4.89. The zero-order chi connectivity index (χ0) is 14.8. The number of rotatable bonds is 3. The van der Waals surface area contributed by atoms with Crippen molar-refractivity contribution < 1.29 is 5.11 Å². The second kappa shape index (κ2) is 6.14. The predicted octanol–water partition coefficient (Wildman–Crippen LogP) is 4.93. The molecule has 2 aromatic carbocycles. The quantitative estimate of drug-likeness (QED) is 0.717. The van der Waals surface area contributed by atoms with Crippen molar-refractivity contribution in [1.29, 1.82) is 0 Å². The lowest BCUT2D eigenvalue weighted by molar-refractivity contribution is 0.180. The van der Waals surface area contributed by atoms with E-state index in [9.17, 15) is 5.11 Å². The Morgan fingerprint density at radius 3 is 2.81 bits per heavy atom. The molecule has 0 amide bonds. The van der Waals surface area contributed by atoms with Crippen LogP contribution in [0.1, 0.15) is 17.2 Å². The standard InChI is InChI=1S/C17H13BrClNO/c18-15-7-6-14(17-13(15)5-2-8-20-17)16(21)10-11-3-1-4-12(19)9-11/h1-9,16,21H,10H2. The van der Waals surface area contributed by atoms with E-state index >= 15 is 0 Å². The molecule has 0 aliphatic heterocycles. The summed E-state index contributed by atoms with van der Waals surface area (Å²) in [6, 6.07) is 15.3.